The minimum atomic E-state index is -0.0301. The smallest absolute Gasteiger partial charge is 0.127 e. The van der Waals surface area contributed by atoms with Crippen LogP contribution in [0.4, 0.5) is 4.39 Å². The SMILES string of the molecule is CC(C)(C)C1CC(CNC2CC2)(c2ccccc2F)C1. The first-order chi connectivity index (χ1) is 9.41. The molecule has 1 aromatic rings. The molecule has 0 bridgehead atoms. The van der Waals surface area contributed by atoms with E-state index >= 15 is 0 Å². The molecule has 0 aromatic heterocycles. The van der Waals surface area contributed by atoms with Crippen LogP contribution >= 0.6 is 0 Å². The third-order valence-corrected chi connectivity index (χ3v) is 5.25. The summed E-state index contributed by atoms with van der Waals surface area (Å²) in [7, 11) is 0. The van der Waals surface area contributed by atoms with Crippen LogP contribution in [0.25, 0.3) is 0 Å². The second-order valence-electron chi connectivity index (χ2n) is 7.89. The molecule has 2 fully saturated rings. The third kappa shape index (κ3) is 2.63. The largest absolute Gasteiger partial charge is 0.313 e. The highest BCUT2D eigenvalue weighted by molar-refractivity contribution is 5.31. The van der Waals surface area contributed by atoms with Crippen molar-refractivity contribution in [1.82, 2.24) is 5.32 Å². The lowest BCUT2D eigenvalue weighted by atomic mass is 9.52. The van der Waals surface area contributed by atoms with Gasteiger partial charge >= 0.3 is 0 Å². The van der Waals surface area contributed by atoms with E-state index in [1.54, 1.807) is 12.1 Å². The minimum Gasteiger partial charge on any atom is -0.313 e. The van der Waals surface area contributed by atoms with E-state index in [-0.39, 0.29) is 11.2 Å². The average molecular weight is 275 g/mol. The molecule has 0 radical (unpaired) electrons. The van der Waals surface area contributed by atoms with Crippen molar-refractivity contribution in [1.29, 1.82) is 0 Å². The Morgan fingerprint density at radius 1 is 1.20 bits per heavy atom. The van der Waals surface area contributed by atoms with Crippen molar-refractivity contribution >= 4 is 0 Å². The van der Waals surface area contributed by atoms with Gasteiger partial charge in [-0.2, -0.15) is 0 Å². The maximum absolute atomic E-state index is 14.2. The van der Waals surface area contributed by atoms with Gasteiger partial charge in [0, 0.05) is 18.0 Å². The predicted molar refractivity (Wildman–Crippen MR) is 81.3 cm³/mol. The molecular formula is C18H26FN. The minimum absolute atomic E-state index is 0.0197. The lowest BCUT2D eigenvalue weighted by Gasteiger charge is -2.53. The fourth-order valence-electron chi connectivity index (χ4n) is 3.47. The van der Waals surface area contributed by atoms with Gasteiger partial charge < -0.3 is 5.32 Å². The second-order valence-corrected chi connectivity index (χ2v) is 7.89. The van der Waals surface area contributed by atoms with Crippen molar-refractivity contribution in [3.8, 4) is 0 Å². The Morgan fingerprint density at radius 3 is 2.40 bits per heavy atom. The molecular weight excluding hydrogens is 249 g/mol. The van der Waals surface area contributed by atoms with Gasteiger partial charge in [-0.05, 0) is 48.6 Å². The van der Waals surface area contributed by atoms with E-state index in [9.17, 15) is 4.39 Å². The van der Waals surface area contributed by atoms with Gasteiger partial charge in [-0.3, -0.25) is 0 Å². The van der Waals surface area contributed by atoms with E-state index in [0.717, 1.165) is 24.9 Å². The van der Waals surface area contributed by atoms with Gasteiger partial charge in [0.15, 0.2) is 0 Å². The van der Waals surface area contributed by atoms with Gasteiger partial charge in [0.25, 0.3) is 0 Å². The highest BCUT2D eigenvalue weighted by Crippen LogP contribution is 2.54. The molecule has 1 N–H and O–H groups in total. The molecule has 0 saturated heterocycles. The Hall–Kier alpha value is -0.890. The lowest BCUT2D eigenvalue weighted by molar-refractivity contribution is 0.0424. The molecule has 2 aliphatic rings. The van der Waals surface area contributed by atoms with E-state index in [1.165, 1.54) is 12.8 Å². The summed E-state index contributed by atoms with van der Waals surface area (Å²) in [4.78, 5) is 0. The van der Waals surface area contributed by atoms with Crippen LogP contribution in [0.1, 0.15) is 52.0 Å². The second kappa shape index (κ2) is 4.84. The number of rotatable bonds is 4. The molecule has 0 unspecified atom stereocenters. The summed E-state index contributed by atoms with van der Waals surface area (Å²) in [5, 5.41) is 3.63. The standard InChI is InChI=1S/C18H26FN/c1-17(2,3)13-10-18(11-13,12-20-14-8-9-14)15-6-4-5-7-16(15)19/h4-7,13-14,20H,8-12H2,1-3H3. The molecule has 2 heteroatoms. The van der Waals surface area contributed by atoms with Crippen LogP contribution in [0.5, 0.6) is 0 Å². The molecule has 0 spiro atoms. The van der Waals surface area contributed by atoms with Crippen LogP contribution in [-0.4, -0.2) is 12.6 Å². The van der Waals surface area contributed by atoms with E-state index in [2.05, 4.69) is 26.1 Å². The van der Waals surface area contributed by atoms with Gasteiger partial charge in [0.1, 0.15) is 5.82 Å². The fourth-order valence-corrected chi connectivity index (χ4v) is 3.47. The monoisotopic (exact) mass is 275 g/mol. The molecule has 1 aromatic carbocycles. The maximum Gasteiger partial charge on any atom is 0.127 e. The summed E-state index contributed by atoms with van der Waals surface area (Å²) in [6.07, 6.45) is 4.79. The Morgan fingerprint density at radius 2 is 1.85 bits per heavy atom. The molecule has 0 amide bonds. The van der Waals surface area contributed by atoms with E-state index in [4.69, 9.17) is 0 Å². The van der Waals surface area contributed by atoms with Gasteiger partial charge in [0.05, 0.1) is 0 Å². The summed E-state index contributed by atoms with van der Waals surface area (Å²) >= 11 is 0. The maximum atomic E-state index is 14.2. The van der Waals surface area contributed by atoms with Crippen molar-refractivity contribution < 1.29 is 4.39 Å². The van der Waals surface area contributed by atoms with Crippen LogP contribution in [0.3, 0.4) is 0 Å². The Balaban J connectivity index is 1.80. The number of benzene rings is 1. The summed E-state index contributed by atoms with van der Waals surface area (Å²) in [6.45, 7) is 7.84. The zero-order valence-corrected chi connectivity index (χ0v) is 12.9. The first kappa shape index (κ1) is 14.1. The van der Waals surface area contributed by atoms with E-state index in [1.807, 2.05) is 12.1 Å². The van der Waals surface area contributed by atoms with Gasteiger partial charge in [-0.15, -0.1) is 0 Å². The molecule has 0 atom stereocenters. The van der Waals surface area contributed by atoms with Crippen LogP contribution < -0.4 is 5.32 Å². The fraction of sp³-hybridized carbons (Fsp3) is 0.667. The summed E-state index contributed by atoms with van der Waals surface area (Å²) in [5.41, 5.74) is 1.27. The summed E-state index contributed by atoms with van der Waals surface area (Å²) < 4.78 is 14.2. The van der Waals surface area contributed by atoms with Gasteiger partial charge in [0.2, 0.25) is 0 Å². The Labute approximate surface area is 122 Å². The zero-order valence-electron chi connectivity index (χ0n) is 12.9. The Kier molecular flexibility index (Phi) is 3.40. The molecule has 1 nitrogen and oxygen atoms in total. The summed E-state index contributed by atoms with van der Waals surface area (Å²) in [6, 6.07) is 8.05. The van der Waals surface area contributed by atoms with Crippen LogP contribution in [-0.2, 0) is 5.41 Å². The highest BCUT2D eigenvalue weighted by Gasteiger charge is 2.50. The number of nitrogens with one attached hydrogen (secondary N) is 1. The molecule has 110 valence electrons. The van der Waals surface area contributed by atoms with Crippen molar-refractivity contribution in [2.75, 3.05) is 6.54 Å². The van der Waals surface area contributed by atoms with E-state index in [0.29, 0.717) is 17.4 Å². The quantitative estimate of drug-likeness (QED) is 0.865. The first-order valence-electron chi connectivity index (χ1n) is 7.89. The molecule has 20 heavy (non-hydrogen) atoms. The highest BCUT2D eigenvalue weighted by atomic mass is 19.1. The molecule has 2 aliphatic carbocycles. The Bertz CT molecular complexity index is 478. The third-order valence-electron chi connectivity index (χ3n) is 5.25. The molecule has 2 saturated carbocycles. The van der Waals surface area contributed by atoms with Crippen molar-refractivity contribution in [3.05, 3.63) is 35.6 Å². The normalized spacial score (nSPS) is 30.1. The van der Waals surface area contributed by atoms with E-state index < -0.39 is 0 Å². The predicted octanol–water partition coefficient (Wildman–Crippen LogP) is 4.27. The average Bonchev–Trinajstić information content (AvgIpc) is 3.12. The van der Waals surface area contributed by atoms with Gasteiger partial charge in [-0.1, -0.05) is 39.0 Å². The number of halogens is 1. The van der Waals surface area contributed by atoms with Crippen LogP contribution in [0, 0.1) is 17.2 Å². The first-order valence-corrected chi connectivity index (χ1v) is 7.89. The number of hydrogen-bond donors (Lipinski definition) is 1. The van der Waals surface area contributed by atoms with Gasteiger partial charge in [-0.25, -0.2) is 4.39 Å². The molecule has 0 heterocycles. The van der Waals surface area contributed by atoms with Crippen LogP contribution in [0.2, 0.25) is 0 Å². The van der Waals surface area contributed by atoms with Crippen molar-refractivity contribution in [2.24, 2.45) is 11.3 Å². The molecule has 0 aliphatic heterocycles. The molecule has 3 rings (SSSR count). The zero-order chi connectivity index (χ0) is 14.4. The lowest BCUT2D eigenvalue weighted by Crippen LogP contribution is -2.52. The van der Waals surface area contributed by atoms with Crippen molar-refractivity contribution in [2.45, 2.75) is 57.9 Å². The number of hydrogen-bond acceptors (Lipinski definition) is 1. The van der Waals surface area contributed by atoms with Crippen LogP contribution in [0.15, 0.2) is 24.3 Å². The summed E-state index contributed by atoms with van der Waals surface area (Å²) in [5.74, 6) is 0.667. The topological polar surface area (TPSA) is 12.0 Å². The van der Waals surface area contributed by atoms with Crippen molar-refractivity contribution in [3.63, 3.8) is 0 Å².